The van der Waals surface area contributed by atoms with Crippen LogP contribution in [0.15, 0.2) is 24.3 Å². The van der Waals surface area contributed by atoms with Gasteiger partial charge in [-0.2, -0.15) is 5.10 Å². The number of aromatic nitrogens is 2. The number of piperidine rings is 1. The number of hydrogen-bond donors (Lipinski definition) is 1. The first-order valence-electron chi connectivity index (χ1n) is 8.68. The van der Waals surface area contributed by atoms with E-state index in [-0.39, 0.29) is 18.9 Å². The molecule has 1 N–H and O–H groups in total. The number of aliphatic hydroxyl groups is 1. The van der Waals surface area contributed by atoms with Gasteiger partial charge in [0.05, 0.1) is 6.61 Å². The van der Waals surface area contributed by atoms with Crippen molar-refractivity contribution < 1.29 is 18.7 Å². The molecular weight excluding hydrogens is 340 g/mol. The maximum absolute atomic E-state index is 14.1. The van der Waals surface area contributed by atoms with Crippen molar-refractivity contribution in [1.29, 1.82) is 0 Å². The molecule has 1 aromatic heterocycles. The van der Waals surface area contributed by atoms with Crippen molar-refractivity contribution >= 4 is 5.91 Å². The van der Waals surface area contributed by atoms with E-state index in [4.69, 9.17) is 0 Å². The quantitative estimate of drug-likeness (QED) is 0.908. The third kappa shape index (κ3) is 3.62. The number of aliphatic hydroxyl groups excluding tert-OH is 1. The second kappa shape index (κ2) is 7.15. The Morgan fingerprint density at radius 3 is 2.73 bits per heavy atom. The number of halogens is 2. The van der Waals surface area contributed by atoms with E-state index in [0.717, 1.165) is 11.8 Å². The minimum absolute atomic E-state index is 0.172. The van der Waals surface area contributed by atoms with Gasteiger partial charge in [-0.25, -0.2) is 8.78 Å². The van der Waals surface area contributed by atoms with Crippen molar-refractivity contribution in [3.63, 3.8) is 0 Å². The zero-order chi connectivity index (χ0) is 18.9. The maximum atomic E-state index is 14.1. The Morgan fingerprint density at radius 1 is 1.35 bits per heavy atom. The van der Waals surface area contributed by atoms with E-state index in [9.17, 15) is 18.7 Å². The number of hydrogen-bond acceptors (Lipinski definition) is 3. The van der Waals surface area contributed by atoms with E-state index in [1.165, 1.54) is 12.1 Å². The molecule has 1 saturated heterocycles. The van der Waals surface area contributed by atoms with E-state index in [1.54, 1.807) is 22.7 Å². The molecule has 0 bridgehead atoms. The molecule has 140 valence electrons. The highest BCUT2D eigenvalue weighted by Gasteiger charge is 2.38. The standard InChI is InChI=1S/C19H23F2N3O2/c1-13-8-17(22-23(13)2)18(26)24-7-3-6-19(11-24,12-25)10-14-4-5-15(20)9-16(14)21/h4-5,8-9,25H,3,6-7,10-12H2,1-2H3. The van der Waals surface area contributed by atoms with Gasteiger partial charge in [0.1, 0.15) is 11.6 Å². The lowest BCUT2D eigenvalue weighted by atomic mass is 9.75. The molecule has 1 atom stereocenters. The maximum Gasteiger partial charge on any atom is 0.274 e. The van der Waals surface area contributed by atoms with Crippen LogP contribution in [0.1, 0.15) is 34.6 Å². The van der Waals surface area contributed by atoms with Crippen LogP contribution < -0.4 is 0 Å². The van der Waals surface area contributed by atoms with Crippen molar-refractivity contribution in [3.05, 3.63) is 52.9 Å². The summed E-state index contributed by atoms with van der Waals surface area (Å²) in [6.45, 7) is 2.58. The molecule has 0 aliphatic carbocycles. The van der Waals surface area contributed by atoms with Crippen LogP contribution in [0, 0.1) is 24.0 Å². The Labute approximate surface area is 151 Å². The Bertz CT molecular complexity index is 802. The molecule has 2 heterocycles. The van der Waals surface area contributed by atoms with Crippen LogP contribution >= 0.6 is 0 Å². The summed E-state index contributed by atoms with van der Waals surface area (Å²) >= 11 is 0. The van der Waals surface area contributed by atoms with Gasteiger partial charge in [-0.3, -0.25) is 9.48 Å². The summed E-state index contributed by atoms with van der Waals surface area (Å²) in [7, 11) is 1.78. The van der Waals surface area contributed by atoms with E-state index in [2.05, 4.69) is 5.10 Å². The lowest BCUT2D eigenvalue weighted by Crippen LogP contribution is -2.49. The summed E-state index contributed by atoms with van der Waals surface area (Å²) in [5.74, 6) is -1.44. The van der Waals surface area contributed by atoms with E-state index < -0.39 is 17.0 Å². The minimum Gasteiger partial charge on any atom is -0.396 e. The van der Waals surface area contributed by atoms with Gasteiger partial charge >= 0.3 is 0 Å². The number of amides is 1. The monoisotopic (exact) mass is 363 g/mol. The highest BCUT2D eigenvalue weighted by molar-refractivity contribution is 5.92. The molecule has 26 heavy (non-hydrogen) atoms. The third-order valence-corrected chi connectivity index (χ3v) is 5.20. The first-order valence-corrected chi connectivity index (χ1v) is 8.68. The summed E-state index contributed by atoms with van der Waals surface area (Å²) in [6, 6.07) is 5.21. The molecule has 1 aliphatic rings. The Kier molecular flexibility index (Phi) is 5.09. The van der Waals surface area contributed by atoms with Crippen molar-refractivity contribution in [1.82, 2.24) is 14.7 Å². The van der Waals surface area contributed by atoms with Gasteiger partial charge < -0.3 is 10.0 Å². The smallest absolute Gasteiger partial charge is 0.274 e. The molecule has 3 rings (SSSR count). The SMILES string of the molecule is Cc1cc(C(=O)N2CCCC(CO)(Cc3ccc(F)cc3F)C2)nn1C. The summed E-state index contributed by atoms with van der Waals surface area (Å²) in [5.41, 5.74) is 0.957. The van der Waals surface area contributed by atoms with Gasteiger partial charge in [-0.05, 0) is 43.9 Å². The fourth-order valence-electron chi connectivity index (χ4n) is 3.61. The molecule has 1 fully saturated rings. The number of carbonyl (C=O) groups excluding carboxylic acids is 1. The molecule has 1 aliphatic heterocycles. The number of benzene rings is 1. The molecule has 1 unspecified atom stereocenters. The summed E-state index contributed by atoms with van der Waals surface area (Å²) in [6.07, 6.45) is 1.63. The van der Waals surface area contributed by atoms with E-state index in [1.807, 2.05) is 6.92 Å². The fourth-order valence-corrected chi connectivity index (χ4v) is 3.61. The highest BCUT2D eigenvalue weighted by Crippen LogP contribution is 2.34. The first-order chi connectivity index (χ1) is 12.3. The van der Waals surface area contributed by atoms with Gasteiger partial charge in [0.15, 0.2) is 5.69 Å². The second-order valence-electron chi connectivity index (χ2n) is 7.20. The number of likely N-dealkylation sites (tertiary alicyclic amines) is 1. The van der Waals surface area contributed by atoms with Gasteiger partial charge in [0.25, 0.3) is 5.91 Å². The normalized spacial score (nSPS) is 20.4. The average molecular weight is 363 g/mol. The molecule has 1 amide bonds. The molecule has 0 saturated carbocycles. The number of nitrogens with zero attached hydrogens (tertiary/aromatic N) is 3. The minimum atomic E-state index is -0.642. The zero-order valence-electron chi connectivity index (χ0n) is 15.0. The van der Waals surface area contributed by atoms with Crippen LogP contribution in [0.25, 0.3) is 0 Å². The number of aryl methyl sites for hydroxylation is 2. The lowest BCUT2D eigenvalue weighted by Gasteiger charge is -2.41. The van der Waals surface area contributed by atoms with Crippen LogP contribution in [0.4, 0.5) is 8.78 Å². The van der Waals surface area contributed by atoms with Gasteiger partial charge in [0, 0.05) is 37.3 Å². The van der Waals surface area contributed by atoms with Crippen LogP contribution in [0.3, 0.4) is 0 Å². The van der Waals surface area contributed by atoms with Crippen LogP contribution in [-0.2, 0) is 13.5 Å². The molecule has 2 aromatic rings. The van der Waals surface area contributed by atoms with Crippen LogP contribution in [0.5, 0.6) is 0 Å². The summed E-state index contributed by atoms with van der Waals surface area (Å²) in [4.78, 5) is 14.4. The van der Waals surface area contributed by atoms with Crippen molar-refractivity contribution in [2.75, 3.05) is 19.7 Å². The summed E-state index contributed by atoms with van der Waals surface area (Å²) in [5, 5.41) is 14.2. The van der Waals surface area contributed by atoms with E-state index >= 15 is 0 Å². The van der Waals surface area contributed by atoms with Crippen LogP contribution in [0.2, 0.25) is 0 Å². The van der Waals surface area contributed by atoms with Gasteiger partial charge in [0.2, 0.25) is 0 Å². The predicted molar refractivity (Wildman–Crippen MR) is 92.7 cm³/mol. The van der Waals surface area contributed by atoms with Crippen LogP contribution in [-0.4, -0.2) is 45.4 Å². The van der Waals surface area contributed by atoms with Gasteiger partial charge in [-0.1, -0.05) is 6.07 Å². The first kappa shape index (κ1) is 18.5. The number of carbonyl (C=O) groups is 1. The molecular formula is C19H23F2N3O2. The second-order valence-corrected chi connectivity index (χ2v) is 7.20. The predicted octanol–water partition coefficient (Wildman–Crippen LogP) is 2.46. The van der Waals surface area contributed by atoms with E-state index in [0.29, 0.717) is 37.2 Å². The average Bonchev–Trinajstić information content (AvgIpc) is 2.96. The highest BCUT2D eigenvalue weighted by atomic mass is 19.1. The zero-order valence-corrected chi connectivity index (χ0v) is 15.0. The molecule has 0 spiro atoms. The fraction of sp³-hybridized carbons (Fsp3) is 0.474. The van der Waals surface area contributed by atoms with Gasteiger partial charge in [-0.15, -0.1) is 0 Å². The Morgan fingerprint density at radius 2 is 2.12 bits per heavy atom. The number of rotatable bonds is 4. The Balaban J connectivity index is 1.80. The third-order valence-electron chi connectivity index (χ3n) is 5.20. The summed E-state index contributed by atoms with van der Waals surface area (Å²) < 4.78 is 28.9. The lowest BCUT2D eigenvalue weighted by molar-refractivity contribution is 0.0264. The van der Waals surface area contributed by atoms with Crippen molar-refractivity contribution in [3.8, 4) is 0 Å². The Hall–Kier alpha value is -2.28. The molecule has 1 aromatic carbocycles. The largest absolute Gasteiger partial charge is 0.396 e. The topological polar surface area (TPSA) is 58.4 Å². The molecule has 5 nitrogen and oxygen atoms in total. The molecule has 0 radical (unpaired) electrons. The molecule has 7 heteroatoms. The van der Waals surface area contributed by atoms with Crippen molar-refractivity contribution in [2.24, 2.45) is 12.5 Å². The van der Waals surface area contributed by atoms with Crippen molar-refractivity contribution in [2.45, 2.75) is 26.2 Å².